The average molecular weight is 358 g/mol. The van der Waals surface area contributed by atoms with Crippen molar-refractivity contribution in [2.24, 2.45) is 11.5 Å². The molecule has 140 valence electrons. The zero-order valence-electron chi connectivity index (χ0n) is 15.2. The molecule has 1 fully saturated rings. The molecule has 4 N–H and O–H groups in total. The van der Waals surface area contributed by atoms with E-state index in [-0.39, 0.29) is 5.92 Å². The Morgan fingerprint density at radius 3 is 2.62 bits per heavy atom. The Bertz CT molecular complexity index is 786. The lowest BCUT2D eigenvalue weighted by Gasteiger charge is -2.39. The van der Waals surface area contributed by atoms with E-state index in [1.54, 1.807) is 7.11 Å². The number of primary amides is 1. The van der Waals surface area contributed by atoms with Gasteiger partial charge in [0.2, 0.25) is 5.91 Å². The molecule has 1 atom stereocenters. The van der Waals surface area contributed by atoms with Crippen LogP contribution < -0.4 is 16.2 Å². The van der Waals surface area contributed by atoms with Gasteiger partial charge in [-0.3, -0.25) is 4.79 Å². The smallest absolute Gasteiger partial charge is 0.242 e. The summed E-state index contributed by atoms with van der Waals surface area (Å²) in [6.45, 7) is 2.79. The summed E-state index contributed by atoms with van der Waals surface area (Å²) in [7, 11) is 1.65. The van der Waals surface area contributed by atoms with Gasteiger partial charge >= 0.3 is 0 Å². The van der Waals surface area contributed by atoms with E-state index in [0.717, 1.165) is 28.5 Å². The molecule has 1 unspecified atom stereocenters. The summed E-state index contributed by atoms with van der Waals surface area (Å²) >= 11 is 0. The van der Waals surface area contributed by atoms with Crippen molar-refractivity contribution in [3.05, 3.63) is 42.0 Å². The van der Waals surface area contributed by atoms with Gasteiger partial charge in [-0.1, -0.05) is 37.6 Å². The number of amides is 1. The second-order valence-electron chi connectivity index (χ2n) is 6.78. The van der Waals surface area contributed by atoms with E-state index in [1.807, 2.05) is 37.3 Å². The highest BCUT2D eigenvalue weighted by Gasteiger charge is 2.44. The number of hydrogen-bond acceptors (Lipinski definition) is 5. The van der Waals surface area contributed by atoms with Crippen molar-refractivity contribution in [3.63, 3.8) is 0 Å². The van der Waals surface area contributed by atoms with Crippen LogP contribution in [0.15, 0.2) is 36.4 Å². The second kappa shape index (κ2) is 7.61. The van der Waals surface area contributed by atoms with Crippen LogP contribution in [0.25, 0.3) is 10.8 Å². The maximum atomic E-state index is 11.8. The third-order valence-corrected chi connectivity index (χ3v) is 5.00. The fourth-order valence-electron chi connectivity index (χ4n) is 3.52. The number of benzene rings is 2. The largest absolute Gasteiger partial charge is 0.497 e. The van der Waals surface area contributed by atoms with Gasteiger partial charge in [-0.15, -0.1) is 0 Å². The van der Waals surface area contributed by atoms with Crippen molar-refractivity contribution < 1.29 is 19.0 Å². The van der Waals surface area contributed by atoms with E-state index in [4.69, 9.17) is 25.7 Å². The van der Waals surface area contributed by atoms with E-state index < -0.39 is 17.7 Å². The maximum absolute atomic E-state index is 11.8. The molecule has 0 aromatic heterocycles. The summed E-state index contributed by atoms with van der Waals surface area (Å²) in [5.74, 6) is 0.280. The molecule has 3 rings (SSSR count). The van der Waals surface area contributed by atoms with Gasteiger partial charge < -0.3 is 25.7 Å². The first-order valence-electron chi connectivity index (χ1n) is 8.88. The average Bonchev–Trinajstić information content (AvgIpc) is 2.67. The SMILES string of the molecule is CCCC(N)(C(N)=O)C1OCC(c2cccc3cc(OC)ccc23)CO1. The molecule has 0 radical (unpaired) electrons. The maximum Gasteiger partial charge on any atom is 0.242 e. The van der Waals surface area contributed by atoms with Crippen LogP contribution in [0.2, 0.25) is 0 Å². The van der Waals surface area contributed by atoms with Crippen LogP contribution in [-0.4, -0.2) is 38.1 Å². The Morgan fingerprint density at radius 1 is 1.27 bits per heavy atom. The van der Waals surface area contributed by atoms with E-state index in [0.29, 0.717) is 19.6 Å². The van der Waals surface area contributed by atoms with E-state index in [9.17, 15) is 4.79 Å². The fourth-order valence-corrected chi connectivity index (χ4v) is 3.52. The van der Waals surface area contributed by atoms with E-state index >= 15 is 0 Å². The van der Waals surface area contributed by atoms with E-state index in [1.165, 1.54) is 0 Å². The lowest BCUT2D eigenvalue weighted by Crippen LogP contribution is -2.63. The summed E-state index contributed by atoms with van der Waals surface area (Å²) in [6, 6.07) is 12.1. The predicted molar refractivity (Wildman–Crippen MR) is 100.0 cm³/mol. The Balaban J connectivity index is 1.80. The summed E-state index contributed by atoms with van der Waals surface area (Å²) in [4.78, 5) is 11.8. The highest BCUT2D eigenvalue weighted by Crippen LogP contribution is 2.33. The quantitative estimate of drug-likeness (QED) is 0.826. The van der Waals surface area contributed by atoms with Crippen molar-refractivity contribution in [3.8, 4) is 5.75 Å². The van der Waals surface area contributed by atoms with Gasteiger partial charge in [-0.25, -0.2) is 0 Å². The number of carbonyl (C=O) groups excluding carboxylic acids is 1. The van der Waals surface area contributed by atoms with Gasteiger partial charge in [-0.05, 0) is 34.9 Å². The minimum absolute atomic E-state index is 0.0575. The van der Waals surface area contributed by atoms with Crippen LogP contribution in [0, 0.1) is 0 Å². The fraction of sp³-hybridized carbons (Fsp3) is 0.450. The number of ether oxygens (including phenoxy) is 3. The molecule has 1 saturated heterocycles. The summed E-state index contributed by atoms with van der Waals surface area (Å²) in [6.07, 6.45) is 0.328. The van der Waals surface area contributed by atoms with Crippen molar-refractivity contribution in [1.82, 2.24) is 0 Å². The topological polar surface area (TPSA) is 96.8 Å². The Morgan fingerprint density at radius 2 is 2.00 bits per heavy atom. The van der Waals surface area contributed by atoms with Crippen LogP contribution in [-0.2, 0) is 14.3 Å². The molecule has 1 amide bonds. The summed E-state index contributed by atoms with van der Waals surface area (Å²) in [5, 5.41) is 2.23. The van der Waals surface area contributed by atoms with Crippen LogP contribution in [0.3, 0.4) is 0 Å². The molecule has 0 saturated carbocycles. The number of rotatable bonds is 6. The summed E-state index contributed by atoms with van der Waals surface area (Å²) < 4.78 is 17.0. The standard InChI is InChI=1S/C20H26N2O4/c1-3-9-20(22,18(21)23)19-25-11-14(12-26-19)16-6-4-5-13-10-15(24-2)7-8-17(13)16/h4-8,10,14,19H,3,9,11-12,22H2,1-2H3,(H2,21,23). The van der Waals surface area contributed by atoms with Crippen molar-refractivity contribution in [1.29, 1.82) is 0 Å². The molecule has 2 aromatic carbocycles. The van der Waals surface area contributed by atoms with Crippen LogP contribution >= 0.6 is 0 Å². The highest BCUT2D eigenvalue weighted by atomic mass is 16.7. The zero-order valence-corrected chi connectivity index (χ0v) is 15.2. The van der Waals surface area contributed by atoms with Gasteiger partial charge in [0.25, 0.3) is 0 Å². The minimum atomic E-state index is -1.30. The van der Waals surface area contributed by atoms with Gasteiger partial charge in [0.1, 0.15) is 11.3 Å². The molecule has 6 nitrogen and oxygen atoms in total. The first-order chi connectivity index (χ1) is 12.5. The van der Waals surface area contributed by atoms with Gasteiger partial charge in [0.05, 0.1) is 20.3 Å². The monoisotopic (exact) mass is 358 g/mol. The third-order valence-electron chi connectivity index (χ3n) is 5.00. The second-order valence-corrected chi connectivity index (χ2v) is 6.78. The predicted octanol–water partition coefficient (Wildman–Crippen LogP) is 2.29. The zero-order chi connectivity index (χ0) is 18.7. The number of nitrogens with two attached hydrogens (primary N) is 2. The number of hydrogen-bond donors (Lipinski definition) is 2. The first-order valence-corrected chi connectivity index (χ1v) is 8.88. The molecule has 6 heteroatoms. The number of methoxy groups -OCH3 is 1. The van der Waals surface area contributed by atoms with Crippen LogP contribution in [0.1, 0.15) is 31.2 Å². The van der Waals surface area contributed by atoms with Gasteiger partial charge in [0, 0.05) is 5.92 Å². The molecule has 26 heavy (non-hydrogen) atoms. The summed E-state index contributed by atoms with van der Waals surface area (Å²) in [5.41, 5.74) is 11.5. The van der Waals surface area contributed by atoms with Crippen LogP contribution in [0.4, 0.5) is 0 Å². The third kappa shape index (κ3) is 3.40. The molecule has 1 heterocycles. The molecule has 0 spiro atoms. The number of carbonyl (C=O) groups is 1. The Hall–Kier alpha value is -2.15. The molecule has 1 aliphatic rings. The Labute approximate surface area is 153 Å². The lowest BCUT2D eigenvalue weighted by atomic mass is 9.90. The van der Waals surface area contributed by atoms with Gasteiger partial charge in [0.15, 0.2) is 6.29 Å². The first kappa shape index (κ1) is 18.6. The van der Waals surface area contributed by atoms with Crippen LogP contribution in [0.5, 0.6) is 5.75 Å². The minimum Gasteiger partial charge on any atom is -0.497 e. The van der Waals surface area contributed by atoms with Crippen molar-refractivity contribution in [2.45, 2.75) is 37.5 Å². The Kier molecular flexibility index (Phi) is 5.46. The number of fused-ring (bicyclic) bond motifs is 1. The van der Waals surface area contributed by atoms with Crippen molar-refractivity contribution in [2.75, 3.05) is 20.3 Å². The lowest BCUT2D eigenvalue weighted by molar-refractivity contribution is -0.218. The molecular weight excluding hydrogens is 332 g/mol. The molecule has 2 aromatic rings. The molecular formula is C20H26N2O4. The highest BCUT2D eigenvalue weighted by molar-refractivity contribution is 5.87. The van der Waals surface area contributed by atoms with Gasteiger partial charge in [-0.2, -0.15) is 0 Å². The molecule has 0 aliphatic carbocycles. The van der Waals surface area contributed by atoms with E-state index in [2.05, 4.69) is 6.07 Å². The molecule has 1 aliphatic heterocycles. The molecule has 0 bridgehead atoms. The van der Waals surface area contributed by atoms with Crippen molar-refractivity contribution >= 4 is 16.7 Å². The normalized spacial score (nSPS) is 22.7.